The van der Waals surface area contributed by atoms with Gasteiger partial charge in [0.15, 0.2) is 0 Å². The lowest BCUT2D eigenvalue weighted by molar-refractivity contribution is 1.20. The predicted octanol–water partition coefficient (Wildman–Crippen LogP) is 0.993. The Kier molecular flexibility index (Phi) is 3.31. The lowest BCUT2D eigenvalue weighted by Gasteiger charge is -1.89. The molecule has 0 aliphatic rings. The van der Waals surface area contributed by atoms with Crippen molar-refractivity contribution in [1.29, 1.82) is 5.26 Å². The molecule has 0 unspecified atom stereocenters. The first-order valence-corrected chi connectivity index (χ1v) is 4.57. The summed E-state index contributed by atoms with van der Waals surface area (Å²) in [6, 6.07) is 3.26. The van der Waals surface area contributed by atoms with Crippen LogP contribution >= 0.6 is 15.9 Å². The first-order chi connectivity index (χ1) is 6.27. The molecule has 0 amide bonds. The van der Waals surface area contributed by atoms with E-state index in [0.29, 0.717) is 10.9 Å². The van der Waals surface area contributed by atoms with Gasteiger partial charge in [0.05, 0.1) is 5.33 Å². The van der Waals surface area contributed by atoms with Crippen LogP contribution in [0.2, 0.25) is 0 Å². The second kappa shape index (κ2) is 4.49. The fourth-order valence-electron chi connectivity index (χ4n) is 0.774. The fraction of sp³-hybridized carbons (Fsp3) is 0.111. The molecule has 0 aromatic carbocycles. The van der Waals surface area contributed by atoms with Gasteiger partial charge in [-0.05, 0) is 6.07 Å². The molecular formula is C9H5BrN2O. The van der Waals surface area contributed by atoms with Gasteiger partial charge in [0.25, 0.3) is 5.56 Å². The van der Waals surface area contributed by atoms with Crippen molar-refractivity contribution in [3.63, 3.8) is 0 Å². The maximum Gasteiger partial charge on any atom is 0.265 e. The van der Waals surface area contributed by atoms with E-state index in [2.05, 4.69) is 32.8 Å². The summed E-state index contributed by atoms with van der Waals surface area (Å²) in [5.41, 5.74) is 0.337. The summed E-state index contributed by atoms with van der Waals surface area (Å²) in [4.78, 5) is 13.4. The molecule has 1 heterocycles. The summed E-state index contributed by atoms with van der Waals surface area (Å²) in [6.07, 6.45) is 1.48. The molecule has 0 saturated heterocycles. The summed E-state index contributed by atoms with van der Waals surface area (Å²) in [7, 11) is 0. The van der Waals surface area contributed by atoms with E-state index < -0.39 is 0 Å². The Morgan fingerprint density at radius 1 is 1.62 bits per heavy atom. The van der Waals surface area contributed by atoms with Crippen LogP contribution in [0, 0.1) is 23.2 Å². The highest BCUT2D eigenvalue weighted by atomic mass is 79.9. The fourth-order valence-corrected chi connectivity index (χ4v) is 0.915. The monoisotopic (exact) mass is 236 g/mol. The number of hydrogen-bond acceptors (Lipinski definition) is 2. The molecule has 0 fully saturated rings. The van der Waals surface area contributed by atoms with Crippen molar-refractivity contribution >= 4 is 15.9 Å². The number of alkyl halides is 1. The van der Waals surface area contributed by atoms with Gasteiger partial charge in [-0.2, -0.15) is 5.26 Å². The Hall–Kier alpha value is -1.52. The van der Waals surface area contributed by atoms with Crippen LogP contribution in [0.1, 0.15) is 11.1 Å². The summed E-state index contributed by atoms with van der Waals surface area (Å²) >= 11 is 3.15. The number of nitrogens with zero attached hydrogens (tertiary/aromatic N) is 1. The summed E-state index contributed by atoms with van der Waals surface area (Å²) in [6.45, 7) is 0. The number of nitriles is 1. The molecule has 0 spiro atoms. The second-order valence-electron chi connectivity index (χ2n) is 2.18. The maximum atomic E-state index is 10.9. The third kappa shape index (κ3) is 2.47. The van der Waals surface area contributed by atoms with E-state index in [1.165, 1.54) is 12.3 Å². The Balaban J connectivity index is 3.16. The van der Waals surface area contributed by atoms with Gasteiger partial charge in [-0.25, -0.2) is 0 Å². The lowest BCUT2D eigenvalue weighted by atomic mass is 10.2. The van der Waals surface area contributed by atoms with Gasteiger partial charge in [-0.3, -0.25) is 4.79 Å². The Bertz CT molecular complexity index is 459. The smallest absolute Gasteiger partial charge is 0.265 e. The molecule has 0 radical (unpaired) electrons. The average Bonchev–Trinajstić information content (AvgIpc) is 2.16. The van der Waals surface area contributed by atoms with Crippen molar-refractivity contribution in [3.8, 4) is 17.9 Å². The third-order valence-corrected chi connectivity index (χ3v) is 1.60. The number of aromatic amines is 1. The number of rotatable bonds is 0. The van der Waals surface area contributed by atoms with Gasteiger partial charge < -0.3 is 4.98 Å². The molecular weight excluding hydrogens is 232 g/mol. The molecule has 0 saturated carbocycles. The van der Waals surface area contributed by atoms with Gasteiger partial charge >= 0.3 is 0 Å². The third-order valence-electron chi connectivity index (χ3n) is 1.32. The van der Waals surface area contributed by atoms with Crippen LogP contribution in [0.3, 0.4) is 0 Å². The Labute approximate surface area is 83.5 Å². The molecule has 1 rings (SSSR count). The van der Waals surface area contributed by atoms with E-state index >= 15 is 0 Å². The SMILES string of the molecule is N#Cc1cc(C#CCBr)c[nH]c1=O. The van der Waals surface area contributed by atoms with E-state index in [9.17, 15) is 4.79 Å². The molecule has 13 heavy (non-hydrogen) atoms. The average molecular weight is 237 g/mol. The highest BCUT2D eigenvalue weighted by molar-refractivity contribution is 9.09. The Morgan fingerprint density at radius 2 is 2.38 bits per heavy atom. The van der Waals surface area contributed by atoms with Gasteiger partial charge in [0.1, 0.15) is 11.6 Å². The highest BCUT2D eigenvalue weighted by Gasteiger charge is 1.97. The zero-order chi connectivity index (χ0) is 9.68. The minimum Gasteiger partial charge on any atom is -0.327 e. The minimum atomic E-state index is -0.383. The van der Waals surface area contributed by atoms with E-state index in [4.69, 9.17) is 5.26 Å². The number of aromatic nitrogens is 1. The highest BCUT2D eigenvalue weighted by Crippen LogP contribution is 1.94. The van der Waals surface area contributed by atoms with E-state index in [1.807, 2.05) is 0 Å². The number of halogens is 1. The number of nitrogens with one attached hydrogen (secondary N) is 1. The van der Waals surface area contributed by atoms with Gasteiger partial charge in [-0.1, -0.05) is 27.8 Å². The quantitative estimate of drug-likeness (QED) is 0.540. The van der Waals surface area contributed by atoms with Crippen LogP contribution in [0.25, 0.3) is 0 Å². The van der Waals surface area contributed by atoms with Crippen molar-refractivity contribution in [1.82, 2.24) is 4.98 Å². The number of hydrogen-bond donors (Lipinski definition) is 1. The maximum absolute atomic E-state index is 10.9. The van der Waals surface area contributed by atoms with Crippen LogP contribution in [-0.2, 0) is 0 Å². The van der Waals surface area contributed by atoms with E-state index in [-0.39, 0.29) is 11.1 Å². The molecule has 3 nitrogen and oxygen atoms in total. The molecule has 64 valence electrons. The molecule has 1 N–H and O–H groups in total. The normalized spacial score (nSPS) is 8.31. The first-order valence-electron chi connectivity index (χ1n) is 3.45. The van der Waals surface area contributed by atoms with Crippen LogP contribution in [0.5, 0.6) is 0 Å². The predicted molar refractivity (Wildman–Crippen MR) is 52.4 cm³/mol. The van der Waals surface area contributed by atoms with Crippen molar-refractivity contribution in [2.45, 2.75) is 0 Å². The molecule has 1 aromatic rings. The molecule has 0 aliphatic carbocycles. The Morgan fingerprint density at radius 3 is 3.00 bits per heavy atom. The molecule has 1 aromatic heterocycles. The zero-order valence-electron chi connectivity index (χ0n) is 6.60. The van der Waals surface area contributed by atoms with E-state index in [0.717, 1.165) is 0 Å². The summed E-state index contributed by atoms with van der Waals surface area (Å²) in [5, 5.41) is 9.10. The molecule has 4 heteroatoms. The van der Waals surface area contributed by atoms with Crippen LogP contribution < -0.4 is 5.56 Å². The van der Waals surface area contributed by atoms with Crippen molar-refractivity contribution in [3.05, 3.63) is 33.7 Å². The molecule has 0 bridgehead atoms. The van der Waals surface area contributed by atoms with Crippen molar-refractivity contribution in [2.24, 2.45) is 0 Å². The van der Waals surface area contributed by atoms with Crippen LogP contribution in [0.15, 0.2) is 17.1 Å². The van der Waals surface area contributed by atoms with Crippen LogP contribution in [0.4, 0.5) is 0 Å². The second-order valence-corrected chi connectivity index (χ2v) is 2.74. The minimum absolute atomic E-state index is 0.0846. The summed E-state index contributed by atoms with van der Waals surface area (Å²) < 4.78 is 0. The molecule has 0 atom stereocenters. The molecule has 0 aliphatic heterocycles. The van der Waals surface area contributed by atoms with Crippen LogP contribution in [-0.4, -0.2) is 10.3 Å². The van der Waals surface area contributed by atoms with Crippen molar-refractivity contribution < 1.29 is 0 Å². The number of pyridine rings is 1. The first kappa shape index (κ1) is 9.57. The topological polar surface area (TPSA) is 56.6 Å². The standard InChI is InChI=1S/C9H5BrN2O/c10-3-1-2-7-4-8(5-11)9(13)12-6-7/h4,6H,3H2,(H,12,13). The zero-order valence-corrected chi connectivity index (χ0v) is 8.18. The van der Waals surface area contributed by atoms with Gasteiger partial charge in [-0.15, -0.1) is 0 Å². The lowest BCUT2D eigenvalue weighted by Crippen LogP contribution is -2.09. The number of H-pyrrole nitrogens is 1. The van der Waals surface area contributed by atoms with Gasteiger partial charge in [0.2, 0.25) is 0 Å². The van der Waals surface area contributed by atoms with E-state index in [1.54, 1.807) is 6.07 Å². The van der Waals surface area contributed by atoms with Gasteiger partial charge in [0, 0.05) is 11.8 Å². The van der Waals surface area contributed by atoms with Crippen molar-refractivity contribution in [2.75, 3.05) is 5.33 Å². The summed E-state index contributed by atoms with van der Waals surface area (Å²) in [5.74, 6) is 5.55. The largest absolute Gasteiger partial charge is 0.327 e.